The molecule has 0 bridgehead atoms. The molecular weight excluding hydrogens is 269 g/mol. The lowest BCUT2D eigenvalue weighted by Gasteiger charge is -2.12. The largest absolute Gasteiger partial charge is 0.574 e. The SMILES string of the molecule is O=C(O)c1c(OC(F)(F)F)[nH]c(C(F)F)cc1=O. The Hall–Kier alpha value is -2.13. The van der Waals surface area contributed by atoms with Crippen molar-refractivity contribution in [1.82, 2.24) is 4.98 Å². The van der Waals surface area contributed by atoms with E-state index < -0.39 is 41.3 Å². The van der Waals surface area contributed by atoms with E-state index in [1.807, 2.05) is 0 Å². The number of carboxylic acid groups (broad SMARTS) is 1. The van der Waals surface area contributed by atoms with Crippen molar-refractivity contribution in [3.8, 4) is 5.88 Å². The highest BCUT2D eigenvalue weighted by molar-refractivity contribution is 5.90. The van der Waals surface area contributed by atoms with Crippen LogP contribution in [0, 0.1) is 0 Å². The summed E-state index contributed by atoms with van der Waals surface area (Å²) in [6.07, 6.45) is -8.61. The Bertz CT molecular complexity index is 521. The average Bonchev–Trinajstić information content (AvgIpc) is 2.12. The number of rotatable bonds is 3. The van der Waals surface area contributed by atoms with Crippen LogP contribution in [0.5, 0.6) is 5.88 Å². The second-order valence-electron chi connectivity index (χ2n) is 2.95. The molecule has 0 fully saturated rings. The number of aromatic nitrogens is 1. The smallest absolute Gasteiger partial charge is 0.477 e. The van der Waals surface area contributed by atoms with Crippen molar-refractivity contribution in [2.75, 3.05) is 0 Å². The number of ether oxygens (including phenoxy) is 1. The molecule has 0 unspecified atom stereocenters. The van der Waals surface area contributed by atoms with E-state index in [0.29, 0.717) is 0 Å². The number of pyridine rings is 1. The number of nitrogens with one attached hydrogen (secondary N) is 1. The number of hydrogen-bond acceptors (Lipinski definition) is 3. The number of aromatic amines is 1. The van der Waals surface area contributed by atoms with Crippen LogP contribution in [0.1, 0.15) is 22.5 Å². The number of H-pyrrole nitrogens is 1. The van der Waals surface area contributed by atoms with Gasteiger partial charge in [0.1, 0.15) is 0 Å². The van der Waals surface area contributed by atoms with Crippen LogP contribution in [-0.4, -0.2) is 22.4 Å². The Morgan fingerprint density at radius 3 is 2.33 bits per heavy atom. The Labute approximate surface area is 94.8 Å². The van der Waals surface area contributed by atoms with Crippen LogP contribution in [-0.2, 0) is 0 Å². The van der Waals surface area contributed by atoms with Crippen LogP contribution in [0.2, 0.25) is 0 Å². The third kappa shape index (κ3) is 3.18. The second-order valence-corrected chi connectivity index (χ2v) is 2.95. The number of halogens is 5. The third-order valence-corrected chi connectivity index (χ3v) is 1.68. The molecule has 1 aromatic rings. The minimum atomic E-state index is -5.33. The van der Waals surface area contributed by atoms with Crippen LogP contribution in [0.4, 0.5) is 22.0 Å². The van der Waals surface area contributed by atoms with Crippen molar-refractivity contribution in [2.45, 2.75) is 12.8 Å². The zero-order valence-electron chi connectivity index (χ0n) is 8.22. The number of hydrogen-bond donors (Lipinski definition) is 2. The van der Waals surface area contributed by atoms with Gasteiger partial charge in [-0.05, 0) is 0 Å². The van der Waals surface area contributed by atoms with E-state index in [1.54, 1.807) is 0 Å². The molecule has 0 atom stereocenters. The molecule has 0 spiro atoms. The van der Waals surface area contributed by atoms with E-state index in [9.17, 15) is 31.5 Å². The summed E-state index contributed by atoms with van der Waals surface area (Å²) in [4.78, 5) is 23.1. The molecule has 18 heavy (non-hydrogen) atoms. The van der Waals surface area contributed by atoms with Crippen molar-refractivity contribution >= 4 is 5.97 Å². The predicted octanol–water partition coefficient (Wildman–Crippen LogP) is 1.91. The van der Waals surface area contributed by atoms with E-state index >= 15 is 0 Å². The molecule has 1 heterocycles. The van der Waals surface area contributed by atoms with Gasteiger partial charge in [-0.25, -0.2) is 13.6 Å². The molecule has 1 rings (SSSR count). The van der Waals surface area contributed by atoms with Gasteiger partial charge in [0.15, 0.2) is 5.56 Å². The molecule has 0 aliphatic rings. The van der Waals surface area contributed by atoms with Crippen LogP contribution in [0.15, 0.2) is 10.9 Å². The molecule has 0 aliphatic heterocycles. The van der Waals surface area contributed by atoms with E-state index in [-0.39, 0.29) is 6.07 Å². The Morgan fingerprint density at radius 1 is 1.39 bits per heavy atom. The standard InChI is InChI=1S/C8H4F5NO4/c9-5(10)2-1-3(15)4(7(16)17)6(14-2)18-8(11,12)13/h1,5H,(H,14,15)(H,16,17). The fourth-order valence-electron chi connectivity index (χ4n) is 1.07. The first-order valence-corrected chi connectivity index (χ1v) is 4.16. The van der Waals surface area contributed by atoms with Crippen LogP contribution >= 0.6 is 0 Å². The highest BCUT2D eigenvalue weighted by Gasteiger charge is 2.35. The quantitative estimate of drug-likeness (QED) is 0.824. The Kier molecular flexibility index (Phi) is 3.58. The molecule has 0 aromatic carbocycles. The summed E-state index contributed by atoms with van der Waals surface area (Å²) in [6.45, 7) is 0. The molecule has 100 valence electrons. The number of aromatic carboxylic acids is 1. The third-order valence-electron chi connectivity index (χ3n) is 1.68. The van der Waals surface area contributed by atoms with Crippen LogP contribution in [0.3, 0.4) is 0 Å². The summed E-state index contributed by atoms with van der Waals surface area (Å²) in [6, 6.07) is 0.192. The Morgan fingerprint density at radius 2 is 1.94 bits per heavy atom. The fourth-order valence-corrected chi connectivity index (χ4v) is 1.07. The van der Waals surface area contributed by atoms with Gasteiger partial charge in [0.2, 0.25) is 11.3 Å². The number of alkyl halides is 5. The molecule has 0 saturated heterocycles. The number of carboxylic acids is 1. The normalized spacial score (nSPS) is 11.7. The number of carbonyl (C=O) groups is 1. The van der Waals surface area contributed by atoms with Crippen molar-refractivity contribution in [2.24, 2.45) is 0 Å². The molecule has 0 saturated carbocycles. The second kappa shape index (κ2) is 4.63. The minimum absolute atomic E-state index is 0.192. The fraction of sp³-hybridized carbons (Fsp3) is 0.250. The van der Waals surface area contributed by atoms with Crippen LogP contribution < -0.4 is 10.2 Å². The molecule has 2 N–H and O–H groups in total. The molecule has 1 aromatic heterocycles. The zero-order chi connectivity index (χ0) is 14.1. The Balaban J connectivity index is 3.43. The van der Waals surface area contributed by atoms with Gasteiger partial charge in [-0.2, -0.15) is 0 Å². The lowest BCUT2D eigenvalue weighted by Crippen LogP contribution is -2.25. The van der Waals surface area contributed by atoms with E-state index in [1.165, 1.54) is 4.98 Å². The molecule has 0 amide bonds. The first-order chi connectivity index (χ1) is 8.11. The summed E-state index contributed by atoms with van der Waals surface area (Å²) in [5, 5.41) is 8.52. The maximum atomic E-state index is 12.2. The van der Waals surface area contributed by atoms with Crippen molar-refractivity contribution in [1.29, 1.82) is 0 Å². The lowest BCUT2D eigenvalue weighted by molar-refractivity contribution is -0.276. The molecular formula is C8H4F5NO4. The topological polar surface area (TPSA) is 79.4 Å². The van der Waals surface area contributed by atoms with E-state index in [4.69, 9.17) is 5.11 Å². The molecule has 0 radical (unpaired) electrons. The summed E-state index contributed by atoms with van der Waals surface area (Å²) >= 11 is 0. The van der Waals surface area contributed by atoms with Gasteiger partial charge in [-0.1, -0.05) is 0 Å². The summed E-state index contributed by atoms with van der Waals surface area (Å²) in [7, 11) is 0. The highest BCUT2D eigenvalue weighted by atomic mass is 19.4. The monoisotopic (exact) mass is 273 g/mol. The molecule has 0 aliphatic carbocycles. The van der Waals surface area contributed by atoms with Gasteiger partial charge in [0.05, 0.1) is 5.69 Å². The average molecular weight is 273 g/mol. The first-order valence-electron chi connectivity index (χ1n) is 4.16. The summed E-state index contributed by atoms with van der Waals surface area (Å²) in [5.74, 6) is -3.62. The maximum Gasteiger partial charge on any atom is 0.574 e. The van der Waals surface area contributed by atoms with Crippen molar-refractivity contribution < 1.29 is 36.6 Å². The lowest BCUT2D eigenvalue weighted by atomic mass is 10.2. The van der Waals surface area contributed by atoms with Gasteiger partial charge in [-0.15, -0.1) is 13.2 Å². The van der Waals surface area contributed by atoms with Gasteiger partial charge < -0.3 is 14.8 Å². The van der Waals surface area contributed by atoms with Crippen LogP contribution in [0.25, 0.3) is 0 Å². The molecule has 5 nitrogen and oxygen atoms in total. The molecule has 10 heteroatoms. The van der Waals surface area contributed by atoms with E-state index in [2.05, 4.69) is 4.74 Å². The predicted molar refractivity (Wildman–Crippen MR) is 45.7 cm³/mol. The van der Waals surface area contributed by atoms with Gasteiger partial charge in [0, 0.05) is 6.07 Å². The first kappa shape index (κ1) is 13.9. The highest BCUT2D eigenvalue weighted by Crippen LogP contribution is 2.25. The minimum Gasteiger partial charge on any atom is -0.477 e. The van der Waals surface area contributed by atoms with Gasteiger partial charge in [-0.3, -0.25) is 4.79 Å². The summed E-state index contributed by atoms with van der Waals surface area (Å²) < 4.78 is 63.4. The summed E-state index contributed by atoms with van der Waals surface area (Å²) in [5.41, 5.74) is -4.10. The maximum absolute atomic E-state index is 12.2. The van der Waals surface area contributed by atoms with Gasteiger partial charge >= 0.3 is 12.3 Å². The van der Waals surface area contributed by atoms with E-state index in [0.717, 1.165) is 0 Å². The van der Waals surface area contributed by atoms with Crippen molar-refractivity contribution in [3.63, 3.8) is 0 Å². The van der Waals surface area contributed by atoms with Gasteiger partial charge in [0.25, 0.3) is 6.43 Å². The van der Waals surface area contributed by atoms with Crippen molar-refractivity contribution in [3.05, 3.63) is 27.5 Å². The zero-order valence-corrected chi connectivity index (χ0v) is 8.22.